The van der Waals surface area contributed by atoms with Gasteiger partial charge in [-0.2, -0.15) is 5.10 Å². The lowest BCUT2D eigenvalue weighted by molar-refractivity contribution is -0.0697. The SMILES string of the molecule is C[C@@H](N(C)C1CCN(c2cccc(Cl)c2)CC1)[C@](O)(Cn1cncn1)c1ccc(F)cc1F. The van der Waals surface area contributed by atoms with Crippen LogP contribution in [-0.4, -0.2) is 57.0 Å². The molecule has 0 unspecified atom stereocenters. The molecule has 2 atom stereocenters. The monoisotopic (exact) mass is 475 g/mol. The molecule has 6 nitrogen and oxygen atoms in total. The molecular weight excluding hydrogens is 448 g/mol. The second-order valence-corrected chi connectivity index (χ2v) is 9.12. The van der Waals surface area contributed by atoms with Crippen LogP contribution >= 0.6 is 11.6 Å². The van der Waals surface area contributed by atoms with E-state index in [1.165, 1.54) is 29.5 Å². The summed E-state index contributed by atoms with van der Waals surface area (Å²) in [6.07, 6.45) is 4.58. The molecule has 0 spiro atoms. The van der Waals surface area contributed by atoms with Gasteiger partial charge in [-0.3, -0.25) is 4.90 Å². The van der Waals surface area contributed by atoms with E-state index in [0.29, 0.717) is 5.02 Å². The Balaban J connectivity index is 1.54. The average Bonchev–Trinajstić information content (AvgIpc) is 3.31. The van der Waals surface area contributed by atoms with Gasteiger partial charge in [0.25, 0.3) is 0 Å². The van der Waals surface area contributed by atoms with Crippen LogP contribution in [0, 0.1) is 11.6 Å². The highest BCUT2D eigenvalue weighted by Crippen LogP contribution is 2.34. The van der Waals surface area contributed by atoms with Crippen LogP contribution < -0.4 is 4.90 Å². The van der Waals surface area contributed by atoms with Crippen molar-refractivity contribution in [3.05, 3.63) is 77.3 Å². The molecular formula is C24H28ClF2N5O. The minimum Gasteiger partial charge on any atom is -0.381 e. The second kappa shape index (κ2) is 9.75. The van der Waals surface area contributed by atoms with E-state index in [2.05, 4.69) is 19.9 Å². The predicted octanol–water partition coefficient (Wildman–Crippen LogP) is 4.09. The maximum atomic E-state index is 14.8. The number of piperidine rings is 1. The van der Waals surface area contributed by atoms with Crippen LogP contribution in [-0.2, 0) is 12.1 Å². The van der Waals surface area contributed by atoms with E-state index in [1.807, 2.05) is 38.2 Å². The van der Waals surface area contributed by atoms with Gasteiger partial charge < -0.3 is 10.0 Å². The van der Waals surface area contributed by atoms with Gasteiger partial charge in [0, 0.05) is 47.5 Å². The lowest BCUT2D eigenvalue weighted by Crippen LogP contribution is -2.55. The Morgan fingerprint density at radius 3 is 2.61 bits per heavy atom. The maximum absolute atomic E-state index is 14.8. The summed E-state index contributed by atoms with van der Waals surface area (Å²) in [5.41, 5.74) is -0.521. The van der Waals surface area contributed by atoms with Crippen LogP contribution in [0.15, 0.2) is 55.1 Å². The Bertz CT molecular complexity index is 1070. The van der Waals surface area contributed by atoms with E-state index in [-0.39, 0.29) is 18.2 Å². The molecule has 1 fully saturated rings. The van der Waals surface area contributed by atoms with Gasteiger partial charge >= 0.3 is 0 Å². The highest BCUT2D eigenvalue weighted by atomic mass is 35.5. The summed E-state index contributed by atoms with van der Waals surface area (Å²) < 4.78 is 29.9. The first-order valence-corrected chi connectivity index (χ1v) is 11.4. The number of aromatic nitrogens is 3. The number of hydrogen-bond acceptors (Lipinski definition) is 5. The van der Waals surface area contributed by atoms with Gasteiger partial charge in [0.1, 0.15) is 29.9 Å². The van der Waals surface area contributed by atoms with E-state index in [9.17, 15) is 13.9 Å². The summed E-state index contributed by atoms with van der Waals surface area (Å²) in [5, 5.41) is 16.6. The molecule has 0 bridgehead atoms. The molecule has 0 amide bonds. The molecule has 1 aromatic heterocycles. The van der Waals surface area contributed by atoms with Crippen LogP contribution in [0.25, 0.3) is 0 Å². The second-order valence-electron chi connectivity index (χ2n) is 8.68. The van der Waals surface area contributed by atoms with Gasteiger partial charge in [0.05, 0.1) is 6.54 Å². The minimum atomic E-state index is -1.65. The van der Waals surface area contributed by atoms with Crippen molar-refractivity contribution in [2.75, 3.05) is 25.0 Å². The Morgan fingerprint density at radius 2 is 1.97 bits per heavy atom. The fourth-order valence-corrected chi connectivity index (χ4v) is 4.89. The number of nitrogens with zero attached hydrogens (tertiary/aromatic N) is 5. The summed E-state index contributed by atoms with van der Waals surface area (Å²) in [6, 6.07) is 10.8. The molecule has 1 aliphatic rings. The smallest absolute Gasteiger partial charge is 0.137 e. The van der Waals surface area contributed by atoms with E-state index in [4.69, 9.17) is 11.6 Å². The Morgan fingerprint density at radius 1 is 1.21 bits per heavy atom. The standard InChI is InChI=1S/C24H28ClF2N5O/c1-17(30(2)20-8-10-31(11-9-20)21-5-3-4-18(25)12-21)24(33,14-32-16-28-15-29-32)22-7-6-19(26)13-23(22)27/h3-7,12-13,15-17,20,33H,8-11,14H2,1-2H3/t17-,24-/m1/s1. The highest BCUT2D eigenvalue weighted by molar-refractivity contribution is 6.30. The van der Waals surface area contributed by atoms with Gasteiger partial charge in [-0.05, 0) is 51.1 Å². The molecule has 9 heteroatoms. The number of halogens is 3. The van der Waals surface area contributed by atoms with Gasteiger partial charge in [0.2, 0.25) is 0 Å². The summed E-state index contributed by atoms with van der Waals surface area (Å²) in [6.45, 7) is 3.54. The number of aliphatic hydroxyl groups is 1. The molecule has 0 radical (unpaired) electrons. The summed E-state index contributed by atoms with van der Waals surface area (Å²) in [4.78, 5) is 8.32. The average molecular weight is 476 g/mol. The van der Waals surface area contributed by atoms with Crippen LogP contribution in [0.5, 0.6) is 0 Å². The summed E-state index contributed by atoms with van der Waals surface area (Å²) in [7, 11) is 1.94. The molecule has 0 saturated carbocycles. The van der Waals surface area contributed by atoms with E-state index >= 15 is 0 Å². The first kappa shape index (κ1) is 23.6. The normalized spacial score (nSPS) is 17.8. The van der Waals surface area contributed by atoms with Crippen LogP contribution in [0.4, 0.5) is 14.5 Å². The number of rotatable bonds is 7. The van der Waals surface area contributed by atoms with Crippen LogP contribution in [0.1, 0.15) is 25.3 Å². The molecule has 3 aromatic rings. The molecule has 33 heavy (non-hydrogen) atoms. The van der Waals surface area contributed by atoms with Crippen molar-refractivity contribution in [1.82, 2.24) is 19.7 Å². The van der Waals surface area contributed by atoms with Gasteiger partial charge in [-0.15, -0.1) is 0 Å². The number of hydrogen-bond donors (Lipinski definition) is 1. The third-order valence-corrected chi connectivity index (χ3v) is 7.02. The summed E-state index contributed by atoms with van der Waals surface area (Å²) >= 11 is 6.15. The Hall–Kier alpha value is -2.55. The fraction of sp³-hybridized carbons (Fsp3) is 0.417. The van der Waals surface area contributed by atoms with Crippen molar-refractivity contribution in [3.63, 3.8) is 0 Å². The third-order valence-electron chi connectivity index (χ3n) is 6.78. The zero-order valence-corrected chi connectivity index (χ0v) is 19.5. The van der Waals surface area contributed by atoms with Crippen molar-refractivity contribution in [2.24, 2.45) is 0 Å². The van der Waals surface area contributed by atoms with Crippen molar-refractivity contribution in [1.29, 1.82) is 0 Å². The topological polar surface area (TPSA) is 57.4 Å². The van der Waals surface area contributed by atoms with Crippen molar-refractivity contribution in [2.45, 2.75) is 44.0 Å². The highest BCUT2D eigenvalue weighted by Gasteiger charge is 2.43. The van der Waals surface area contributed by atoms with Crippen molar-refractivity contribution >= 4 is 17.3 Å². The third kappa shape index (κ3) is 5.03. The van der Waals surface area contributed by atoms with Gasteiger partial charge in [-0.25, -0.2) is 18.4 Å². The summed E-state index contributed by atoms with van der Waals surface area (Å²) in [5.74, 6) is -1.47. The molecule has 0 aliphatic carbocycles. The molecule has 1 aliphatic heterocycles. The predicted molar refractivity (Wildman–Crippen MR) is 124 cm³/mol. The largest absolute Gasteiger partial charge is 0.381 e. The Labute approximate surface area is 197 Å². The molecule has 2 aromatic carbocycles. The zero-order chi connectivity index (χ0) is 23.6. The minimum absolute atomic E-state index is 0.0115. The quantitative estimate of drug-likeness (QED) is 0.558. The first-order chi connectivity index (χ1) is 15.8. The number of likely N-dealkylation sites (N-methyl/N-ethyl adjacent to an activating group) is 1. The van der Waals surface area contributed by atoms with E-state index < -0.39 is 23.3 Å². The van der Waals surface area contributed by atoms with E-state index in [0.717, 1.165) is 37.7 Å². The number of anilines is 1. The fourth-order valence-electron chi connectivity index (χ4n) is 4.70. The lowest BCUT2D eigenvalue weighted by Gasteiger charge is -2.45. The maximum Gasteiger partial charge on any atom is 0.137 e. The lowest BCUT2D eigenvalue weighted by atomic mass is 9.84. The van der Waals surface area contributed by atoms with Gasteiger partial charge in [-0.1, -0.05) is 23.7 Å². The van der Waals surface area contributed by atoms with Gasteiger partial charge in [0.15, 0.2) is 0 Å². The molecule has 2 heterocycles. The zero-order valence-electron chi connectivity index (χ0n) is 18.7. The first-order valence-electron chi connectivity index (χ1n) is 11.0. The molecule has 1 N–H and O–H groups in total. The van der Waals surface area contributed by atoms with Crippen molar-refractivity contribution < 1.29 is 13.9 Å². The van der Waals surface area contributed by atoms with Crippen LogP contribution in [0.2, 0.25) is 5.02 Å². The Kier molecular flexibility index (Phi) is 6.97. The van der Waals surface area contributed by atoms with E-state index in [1.54, 1.807) is 0 Å². The number of benzene rings is 2. The molecule has 4 rings (SSSR count). The molecule has 176 valence electrons. The van der Waals surface area contributed by atoms with Crippen molar-refractivity contribution in [3.8, 4) is 0 Å². The molecule has 1 saturated heterocycles. The van der Waals surface area contributed by atoms with Crippen LogP contribution in [0.3, 0.4) is 0 Å².